The molecular formula is C12H13F3N2O3. The van der Waals surface area contributed by atoms with E-state index in [1.807, 2.05) is 0 Å². The highest BCUT2D eigenvalue weighted by molar-refractivity contribution is 5.52. The number of hydrogen-bond acceptors (Lipinski definition) is 4. The summed E-state index contributed by atoms with van der Waals surface area (Å²) in [5.74, 6) is 0. The number of alkyl halides is 3. The second-order valence-corrected chi connectivity index (χ2v) is 4.66. The Labute approximate surface area is 112 Å². The second-order valence-electron chi connectivity index (χ2n) is 4.66. The van der Waals surface area contributed by atoms with Crippen molar-refractivity contribution >= 4 is 11.4 Å². The van der Waals surface area contributed by atoms with Crippen LogP contribution in [0.25, 0.3) is 0 Å². The van der Waals surface area contributed by atoms with Gasteiger partial charge in [-0.1, -0.05) is 0 Å². The van der Waals surface area contributed by atoms with Crippen molar-refractivity contribution in [2.75, 3.05) is 11.4 Å². The lowest BCUT2D eigenvalue weighted by atomic mass is 10.1. The Morgan fingerprint density at radius 3 is 2.45 bits per heavy atom. The Balaban J connectivity index is 2.20. The highest BCUT2D eigenvalue weighted by atomic mass is 19.4. The Hall–Kier alpha value is -1.83. The van der Waals surface area contributed by atoms with Gasteiger partial charge in [0.1, 0.15) is 0 Å². The lowest BCUT2D eigenvalue weighted by molar-refractivity contribution is -0.384. The number of benzene rings is 1. The number of halogens is 3. The summed E-state index contributed by atoms with van der Waals surface area (Å²) in [4.78, 5) is 11.4. The molecule has 0 amide bonds. The molecule has 0 radical (unpaired) electrons. The van der Waals surface area contributed by atoms with Crippen LogP contribution < -0.4 is 4.90 Å². The zero-order valence-corrected chi connectivity index (χ0v) is 10.4. The molecule has 5 nitrogen and oxygen atoms in total. The van der Waals surface area contributed by atoms with E-state index in [-0.39, 0.29) is 12.1 Å². The van der Waals surface area contributed by atoms with Crippen LogP contribution in [0.4, 0.5) is 24.5 Å². The number of non-ortho nitro benzene ring substituents is 1. The number of anilines is 1. The lowest BCUT2D eigenvalue weighted by Crippen LogP contribution is -2.47. The van der Waals surface area contributed by atoms with E-state index >= 15 is 0 Å². The van der Waals surface area contributed by atoms with E-state index < -0.39 is 23.2 Å². The number of hydrogen-bond donors (Lipinski definition) is 1. The molecule has 1 fully saturated rings. The molecular weight excluding hydrogens is 277 g/mol. The first-order chi connectivity index (χ1) is 9.30. The third-order valence-corrected chi connectivity index (χ3v) is 3.39. The quantitative estimate of drug-likeness (QED) is 0.686. The minimum absolute atomic E-state index is 0.124. The molecule has 2 atom stereocenters. The Kier molecular flexibility index (Phi) is 3.85. The van der Waals surface area contributed by atoms with Crippen molar-refractivity contribution in [3.05, 3.63) is 34.4 Å². The molecule has 20 heavy (non-hydrogen) atoms. The molecule has 1 aliphatic heterocycles. The maximum Gasteiger partial charge on any atom is 0.416 e. The van der Waals surface area contributed by atoms with Crippen LogP contribution in [0.2, 0.25) is 0 Å². The van der Waals surface area contributed by atoms with Crippen LogP contribution in [0, 0.1) is 10.1 Å². The first-order valence-corrected chi connectivity index (χ1v) is 6.06. The minimum Gasteiger partial charge on any atom is -0.382 e. The van der Waals surface area contributed by atoms with Crippen LogP contribution in [0.3, 0.4) is 0 Å². The van der Waals surface area contributed by atoms with Gasteiger partial charge in [-0.05, 0) is 25.0 Å². The van der Waals surface area contributed by atoms with Gasteiger partial charge in [0, 0.05) is 24.4 Å². The average molecular weight is 290 g/mol. The van der Waals surface area contributed by atoms with Gasteiger partial charge in [0.25, 0.3) is 5.69 Å². The summed E-state index contributed by atoms with van der Waals surface area (Å²) in [6.07, 6.45) is -6.32. The van der Waals surface area contributed by atoms with Gasteiger partial charge in [-0.3, -0.25) is 10.1 Å². The number of aliphatic hydroxyl groups excluding tert-OH is 1. The van der Waals surface area contributed by atoms with Crippen LogP contribution in [-0.4, -0.2) is 34.9 Å². The zero-order valence-electron chi connectivity index (χ0n) is 10.4. The maximum absolute atomic E-state index is 12.6. The van der Waals surface area contributed by atoms with Crippen LogP contribution in [-0.2, 0) is 0 Å². The molecule has 2 rings (SSSR count). The third-order valence-electron chi connectivity index (χ3n) is 3.39. The molecule has 110 valence electrons. The summed E-state index contributed by atoms with van der Waals surface area (Å²) >= 11 is 0. The first kappa shape index (κ1) is 14.6. The maximum atomic E-state index is 12.6. The zero-order chi connectivity index (χ0) is 14.9. The average Bonchev–Trinajstić information content (AvgIpc) is 2.85. The molecule has 1 aromatic carbocycles. The van der Waals surface area contributed by atoms with Gasteiger partial charge in [-0.25, -0.2) is 0 Å². The predicted octanol–water partition coefficient (Wildman–Crippen LogP) is 2.49. The van der Waals surface area contributed by atoms with Gasteiger partial charge in [-0.15, -0.1) is 0 Å². The van der Waals surface area contributed by atoms with E-state index in [1.165, 1.54) is 29.2 Å². The monoisotopic (exact) mass is 290 g/mol. The minimum atomic E-state index is -4.67. The fourth-order valence-corrected chi connectivity index (χ4v) is 2.43. The van der Waals surface area contributed by atoms with E-state index in [4.69, 9.17) is 0 Å². The molecule has 1 aliphatic rings. The number of nitro groups is 1. The molecule has 1 heterocycles. The summed E-state index contributed by atoms with van der Waals surface area (Å²) in [5, 5.41) is 19.9. The van der Waals surface area contributed by atoms with Crippen LogP contribution in [0.5, 0.6) is 0 Å². The summed E-state index contributed by atoms with van der Waals surface area (Å²) in [5.41, 5.74) is 0.322. The number of rotatable bonds is 3. The predicted molar refractivity (Wildman–Crippen MR) is 65.5 cm³/mol. The Bertz CT molecular complexity index is 490. The van der Waals surface area contributed by atoms with Crippen molar-refractivity contribution in [3.8, 4) is 0 Å². The smallest absolute Gasteiger partial charge is 0.382 e. The summed E-state index contributed by atoms with van der Waals surface area (Å²) < 4.78 is 37.8. The molecule has 0 aliphatic carbocycles. The van der Waals surface area contributed by atoms with Gasteiger partial charge < -0.3 is 10.0 Å². The summed E-state index contributed by atoms with van der Waals surface area (Å²) in [7, 11) is 0. The van der Waals surface area contributed by atoms with E-state index in [1.54, 1.807) is 0 Å². The summed E-state index contributed by atoms with van der Waals surface area (Å²) in [6.45, 7) is 0.385. The van der Waals surface area contributed by atoms with Crippen molar-refractivity contribution in [2.24, 2.45) is 0 Å². The highest BCUT2D eigenvalue weighted by Crippen LogP contribution is 2.34. The molecule has 0 unspecified atom stereocenters. The number of nitro benzene ring substituents is 1. The standard InChI is InChI=1S/C12H13F3N2O3/c13-12(14,15)11(18)10-2-1-7-16(10)8-3-5-9(6-4-8)17(19)20/h3-6,10-11,18H,1-2,7H2/t10-,11-/m1/s1. The molecule has 0 aromatic heterocycles. The van der Waals surface area contributed by atoms with E-state index in [0.717, 1.165) is 0 Å². The van der Waals surface area contributed by atoms with Gasteiger partial charge in [0.15, 0.2) is 6.10 Å². The van der Waals surface area contributed by atoms with E-state index in [2.05, 4.69) is 0 Å². The van der Waals surface area contributed by atoms with Crippen molar-refractivity contribution in [3.63, 3.8) is 0 Å². The Morgan fingerprint density at radius 1 is 1.35 bits per heavy atom. The SMILES string of the molecule is O=[N+]([O-])c1ccc(N2CCC[C@@H]2[C@@H](O)C(F)(F)F)cc1. The van der Waals surface area contributed by atoms with Gasteiger partial charge in [0.2, 0.25) is 0 Å². The molecule has 1 saturated heterocycles. The molecule has 0 bridgehead atoms. The largest absolute Gasteiger partial charge is 0.416 e. The van der Waals surface area contributed by atoms with E-state index in [9.17, 15) is 28.4 Å². The van der Waals surface area contributed by atoms with Crippen molar-refractivity contribution in [1.29, 1.82) is 0 Å². The fraction of sp³-hybridized carbons (Fsp3) is 0.500. The fourth-order valence-electron chi connectivity index (χ4n) is 2.43. The van der Waals surface area contributed by atoms with Crippen molar-refractivity contribution < 1.29 is 23.2 Å². The van der Waals surface area contributed by atoms with Gasteiger partial charge in [0.05, 0.1) is 11.0 Å². The van der Waals surface area contributed by atoms with Gasteiger partial charge in [-0.2, -0.15) is 13.2 Å². The lowest BCUT2D eigenvalue weighted by Gasteiger charge is -2.31. The Morgan fingerprint density at radius 2 is 1.95 bits per heavy atom. The third kappa shape index (κ3) is 2.84. The van der Waals surface area contributed by atoms with Gasteiger partial charge >= 0.3 is 6.18 Å². The van der Waals surface area contributed by atoms with Crippen LogP contribution >= 0.6 is 0 Å². The van der Waals surface area contributed by atoms with Crippen molar-refractivity contribution in [2.45, 2.75) is 31.2 Å². The molecule has 0 spiro atoms. The molecule has 1 aromatic rings. The molecule has 1 N–H and O–H groups in total. The number of nitrogens with zero attached hydrogens (tertiary/aromatic N) is 2. The van der Waals surface area contributed by atoms with Crippen LogP contribution in [0.15, 0.2) is 24.3 Å². The van der Waals surface area contributed by atoms with E-state index in [0.29, 0.717) is 18.7 Å². The normalized spacial score (nSPS) is 21.0. The topological polar surface area (TPSA) is 66.6 Å². The number of aliphatic hydroxyl groups is 1. The first-order valence-electron chi connectivity index (χ1n) is 6.06. The molecule has 8 heteroatoms. The highest BCUT2D eigenvalue weighted by Gasteiger charge is 2.47. The second kappa shape index (κ2) is 5.28. The van der Waals surface area contributed by atoms with Crippen molar-refractivity contribution in [1.82, 2.24) is 0 Å². The van der Waals surface area contributed by atoms with Crippen LogP contribution in [0.1, 0.15) is 12.8 Å². The summed E-state index contributed by atoms with van der Waals surface area (Å²) in [6, 6.07) is 4.24. The molecule has 0 saturated carbocycles.